The molecule has 0 saturated carbocycles. The van der Waals surface area contributed by atoms with Crippen LogP contribution in [0.3, 0.4) is 0 Å². The summed E-state index contributed by atoms with van der Waals surface area (Å²) < 4.78 is 17.2. The molecule has 3 rings (SSSR count). The van der Waals surface area contributed by atoms with Gasteiger partial charge in [-0.05, 0) is 19.1 Å². The number of methoxy groups -OCH3 is 1. The number of piperidine rings is 1. The molecule has 130 valence electrons. The van der Waals surface area contributed by atoms with Crippen LogP contribution in [-0.2, 0) is 16.2 Å². The Labute approximate surface area is 139 Å². The molecule has 0 bridgehead atoms. The predicted octanol–water partition coefficient (Wildman–Crippen LogP) is 0.419. The van der Waals surface area contributed by atoms with Crippen LogP contribution in [0.5, 0.6) is 5.75 Å². The van der Waals surface area contributed by atoms with E-state index in [2.05, 4.69) is 0 Å². The lowest BCUT2D eigenvalue weighted by Gasteiger charge is -2.27. The second-order valence-electron chi connectivity index (χ2n) is 6.06. The predicted molar refractivity (Wildman–Crippen MR) is 87.1 cm³/mol. The Morgan fingerprint density at radius 1 is 1.38 bits per heavy atom. The van der Waals surface area contributed by atoms with Crippen molar-refractivity contribution in [3.05, 3.63) is 28.7 Å². The molecule has 1 fully saturated rings. The number of benzene rings is 1. The first kappa shape index (κ1) is 16.6. The highest BCUT2D eigenvalue weighted by molar-refractivity contribution is 5.74. The lowest BCUT2D eigenvalue weighted by molar-refractivity contribution is -0.928. The molecule has 0 unspecified atom stereocenters. The van der Waals surface area contributed by atoms with E-state index in [0.717, 1.165) is 31.4 Å². The van der Waals surface area contributed by atoms with E-state index in [1.807, 2.05) is 19.1 Å². The van der Waals surface area contributed by atoms with Crippen molar-refractivity contribution in [3.63, 3.8) is 0 Å². The van der Waals surface area contributed by atoms with Gasteiger partial charge in [-0.15, -0.1) is 0 Å². The van der Waals surface area contributed by atoms with Crippen LogP contribution in [-0.4, -0.2) is 37.3 Å². The van der Waals surface area contributed by atoms with Crippen molar-refractivity contribution < 1.29 is 23.6 Å². The first-order valence-corrected chi connectivity index (χ1v) is 8.30. The number of quaternary nitrogens is 1. The highest BCUT2D eigenvalue weighted by Crippen LogP contribution is 2.19. The summed E-state index contributed by atoms with van der Waals surface area (Å²) in [6.45, 7) is 4.45. The van der Waals surface area contributed by atoms with Gasteiger partial charge in [-0.1, -0.05) is 0 Å². The molecule has 0 radical (unpaired) electrons. The molecule has 1 N–H and O–H groups in total. The van der Waals surface area contributed by atoms with E-state index in [9.17, 15) is 9.59 Å². The standard InChI is InChI=1S/C17H22N2O5/c1-3-23-16(20)12-6-8-18(9-7-12)11-19-14-5-4-13(22-2)10-15(14)24-17(19)21/h4-5,10,12H,3,6-9,11H2,1-2H3/p+1. The van der Waals surface area contributed by atoms with Gasteiger partial charge in [0.05, 0.1) is 38.2 Å². The van der Waals surface area contributed by atoms with Gasteiger partial charge in [0.2, 0.25) is 0 Å². The second kappa shape index (κ2) is 7.09. The molecule has 0 aliphatic carbocycles. The van der Waals surface area contributed by atoms with Crippen LogP contribution in [0.2, 0.25) is 0 Å². The molecule has 1 aromatic carbocycles. The van der Waals surface area contributed by atoms with E-state index < -0.39 is 0 Å². The van der Waals surface area contributed by atoms with Gasteiger partial charge in [0.25, 0.3) is 0 Å². The monoisotopic (exact) mass is 335 g/mol. The molecule has 2 heterocycles. The molecule has 24 heavy (non-hydrogen) atoms. The molecule has 0 amide bonds. The first-order chi connectivity index (χ1) is 11.6. The van der Waals surface area contributed by atoms with Crippen molar-refractivity contribution in [1.82, 2.24) is 4.57 Å². The van der Waals surface area contributed by atoms with Crippen molar-refractivity contribution in [2.75, 3.05) is 26.8 Å². The van der Waals surface area contributed by atoms with Gasteiger partial charge in [-0.25, -0.2) is 9.36 Å². The highest BCUT2D eigenvalue weighted by atomic mass is 16.5. The lowest BCUT2D eigenvalue weighted by atomic mass is 9.97. The van der Waals surface area contributed by atoms with Crippen LogP contribution in [0.25, 0.3) is 11.1 Å². The Kier molecular flexibility index (Phi) is 4.89. The Morgan fingerprint density at radius 3 is 2.79 bits per heavy atom. The van der Waals surface area contributed by atoms with Crippen molar-refractivity contribution in [1.29, 1.82) is 0 Å². The van der Waals surface area contributed by atoms with Crippen molar-refractivity contribution >= 4 is 17.1 Å². The maximum absolute atomic E-state index is 12.1. The summed E-state index contributed by atoms with van der Waals surface area (Å²) in [4.78, 5) is 25.2. The number of nitrogens with one attached hydrogen (secondary N) is 1. The summed E-state index contributed by atoms with van der Waals surface area (Å²) in [5, 5.41) is 0. The van der Waals surface area contributed by atoms with Crippen LogP contribution in [0.1, 0.15) is 19.8 Å². The van der Waals surface area contributed by atoms with E-state index in [1.54, 1.807) is 17.7 Å². The number of carbonyl (C=O) groups excluding carboxylic acids is 1. The summed E-state index contributed by atoms with van der Waals surface area (Å²) in [6.07, 6.45) is 1.57. The number of fused-ring (bicyclic) bond motifs is 1. The second-order valence-corrected chi connectivity index (χ2v) is 6.06. The van der Waals surface area contributed by atoms with Crippen molar-refractivity contribution in [3.8, 4) is 5.75 Å². The normalized spacial score (nSPS) is 20.9. The van der Waals surface area contributed by atoms with Crippen LogP contribution >= 0.6 is 0 Å². The quantitative estimate of drug-likeness (QED) is 0.802. The number of nitrogens with zero attached hydrogens (tertiary/aromatic N) is 1. The third-order valence-corrected chi connectivity index (χ3v) is 4.57. The van der Waals surface area contributed by atoms with Gasteiger partial charge in [-0.3, -0.25) is 4.79 Å². The van der Waals surface area contributed by atoms with Crippen LogP contribution in [0.4, 0.5) is 0 Å². The number of aromatic nitrogens is 1. The van der Waals surface area contributed by atoms with Gasteiger partial charge in [0, 0.05) is 18.9 Å². The number of likely N-dealkylation sites (tertiary alicyclic amines) is 1. The first-order valence-electron chi connectivity index (χ1n) is 8.30. The number of oxazole rings is 1. The highest BCUT2D eigenvalue weighted by Gasteiger charge is 2.29. The molecule has 7 nitrogen and oxygen atoms in total. The van der Waals surface area contributed by atoms with Crippen molar-refractivity contribution in [2.45, 2.75) is 26.4 Å². The number of esters is 1. The zero-order valence-electron chi connectivity index (χ0n) is 14.0. The van der Waals surface area contributed by atoms with Gasteiger partial charge < -0.3 is 18.8 Å². The van der Waals surface area contributed by atoms with Crippen LogP contribution in [0, 0.1) is 5.92 Å². The fourth-order valence-corrected chi connectivity index (χ4v) is 3.23. The minimum absolute atomic E-state index is 0.0178. The summed E-state index contributed by atoms with van der Waals surface area (Å²) in [5.41, 5.74) is 1.29. The lowest BCUT2D eigenvalue weighted by Crippen LogP contribution is -3.12. The number of carbonyl (C=O) groups is 1. The van der Waals surface area contributed by atoms with Crippen molar-refractivity contribution in [2.24, 2.45) is 5.92 Å². The number of hydrogen-bond donors (Lipinski definition) is 1. The Hall–Kier alpha value is -2.28. The smallest absolute Gasteiger partial charge is 0.424 e. The zero-order valence-corrected chi connectivity index (χ0v) is 14.0. The fourth-order valence-electron chi connectivity index (χ4n) is 3.23. The van der Waals surface area contributed by atoms with Gasteiger partial charge in [-0.2, -0.15) is 0 Å². The van der Waals surface area contributed by atoms with Crippen LogP contribution < -0.4 is 15.4 Å². The number of ether oxygens (including phenoxy) is 2. The largest absolute Gasteiger partial charge is 0.497 e. The number of hydrogen-bond acceptors (Lipinski definition) is 5. The maximum atomic E-state index is 12.1. The Morgan fingerprint density at radius 2 is 2.12 bits per heavy atom. The maximum Gasteiger partial charge on any atom is 0.424 e. The van der Waals surface area contributed by atoms with E-state index >= 15 is 0 Å². The summed E-state index contributed by atoms with van der Waals surface area (Å²) in [6, 6.07) is 5.37. The zero-order chi connectivity index (χ0) is 17.1. The van der Waals surface area contributed by atoms with Gasteiger partial charge in [0.15, 0.2) is 12.3 Å². The van der Waals surface area contributed by atoms with E-state index in [0.29, 0.717) is 24.6 Å². The summed E-state index contributed by atoms with van der Waals surface area (Å²) in [5.74, 6) is 0.176. The summed E-state index contributed by atoms with van der Waals surface area (Å²) >= 11 is 0. The molecule has 1 saturated heterocycles. The molecule has 7 heteroatoms. The minimum atomic E-state index is -0.363. The molecule has 0 spiro atoms. The average Bonchev–Trinajstić information content (AvgIpc) is 2.90. The molecular formula is C17H23N2O5+. The topological polar surface area (TPSA) is 75.1 Å². The molecular weight excluding hydrogens is 312 g/mol. The number of rotatable bonds is 5. The molecule has 1 aromatic heterocycles. The molecule has 1 aliphatic heterocycles. The van der Waals surface area contributed by atoms with Gasteiger partial charge >= 0.3 is 11.7 Å². The average molecular weight is 335 g/mol. The SMILES string of the molecule is CCOC(=O)C1CC[NH+](Cn2c(=O)oc3cc(OC)ccc32)CC1. The molecule has 1 aliphatic rings. The van der Waals surface area contributed by atoms with Crippen LogP contribution in [0.15, 0.2) is 27.4 Å². The third-order valence-electron chi connectivity index (χ3n) is 4.57. The minimum Gasteiger partial charge on any atom is -0.497 e. The molecule has 0 atom stereocenters. The van der Waals surface area contributed by atoms with Gasteiger partial charge in [0.1, 0.15) is 5.75 Å². The van der Waals surface area contributed by atoms with E-state index in [4.69, 9.17) is 13.9 Å². The summed E-state index contributed by atoms with van der Waals surface area (Å²) in [7, 11) is 1.58. The Balaban J connectivity index is 1.69. The molecule has 2 aromatic rings. The fraction of sp³-hybridized carbons (Fsp3) is 0.529. The Bertz CT molecular complexity index is 771. The van der Waals surface area contributed by atoms with E-state index in [1.165, 1.54) is 4.90 Å². The third kappa shape index (κ3) is 3.31. The van der Waals surface area contributed by atoms with E-state index in [-0.39, 0.29) is 17.6 Å².